The van der Waals surface area contributed by atoms with Crippen LogP contribution in [0.5, 0.6) is 0 Å². The highest BCUT2D eigenvalue weighted by atomic mass is 32.2. The zero-order valence-electron chi connectivity index (χ0n) is 12.6. The number of nitrogens with one attached hydrogen (secondary N) is 1. The van der Waals surface area contributed by atoms with Crippen LogP contribution >= 0.6 is 0 Å². The van der Waals surface area contributed by atoms with E-state index in [2.05, 4.69) is 30.6 Å². The molecule has 2 N–H and O–H groups in total. The van der Waals surface area contributed by atoms with Crippen molar-refractivity contribution in [3.8, 4) is 0 Å². The van der Waals surface area contributed by atoms with Crippen LogP contribution in [-0.2, 0) is 16.6 Å². The molecule has 0 saturated heterocycles. The van der Waals surface area contributed by atoms with E-state index in [1.165, 1.54) is 17.1 Å². The van der Waals surface area contributed by atoms with Gasteiger partial charge in [-0.2, -0.15) is 5.10 Å². The van der Waals surface area contributed by atoms with Crippen molar-refractivity contribution >= 4 is 10.0 Å². The Labute approximate surface area is 121 Å². The summed E-state index contributed by atoms with van der Waals surface area (Å²) in [6, 6.07) is 0. The maximum atomic E-state index is 12.1. The molecule has 116 valence electrons. The molecule has 0 amide bonds. The highest BCUT2D eigenvalue weighted by Gasteiger charge is 2.23. The normalized spacial score (nSPS) is 14.4. The van der Waals surface area contributed by atoms with Gasteiger partial charge in [-0.1, -0.05) is 27.7 Å². The quantitative estimate of drug-likeness (QED) is 0.793. The molecule has 1 atom stereocenters. The van der Waals surface area contributed by atoms with Gasteiger partial charge in [-0.05, 0) is 17.8 Å². The number of aliphatic hydroxyl groups excluding tert-OH is 1. The molecular formula is C13H25N3O3S. The van der Waals surface area contributed by atoms with Crippen LogP contribution in [0.2, 0.25) is 0 Å². The van der Waals surface area contributed by atoms with Crippen LogP contribution in [0, 0.1) is 11.3 Å². The van der Waals surface area contributed by atoms with Crippen LogP contribution in [0.15, 0.2) is 17.3 Å². The fourth-order valence-electron chi connectivity index (χ4n) is 1.46. The zero-order valence-corrected chi connectivity index (χ0v) is 13.4. The van der Waals surface area contributed by atoms with Crippen molar-refractivity contribution in [2.75, 3.05) is 13.2 Å². The first-order valence-electron chi connectivity index (χ1n) is 6.80. The molecule has 1 aromatic rings. The van der Waals surface area contributed by atoms with Crippen LogP contribution in [0.3, 0.4) is 0 Å². The van der Waals surface area contributed by atoms with Gasteiger partial charge in [0.15, 0.2) is 0 Å². The minimum Gasteiger partial charge on any atom is -0.396 e. The molecule has 20 heavy (non-hydrogen) atoms. The van der Waals surface area contributed by atoms with Gasteiger partial charge in [0.1, 0.15) is 4.90 Å². The minimum absolute atomic E-state index is 0.0494. The summed E-state index contributed by atoms with van der Waals surface area (Å²) in [6.07, 6.45) is 3.37. The van der Waals surface area contributed by atoms with E-state index in [0.29, 0.717) is 19.5 Å². The van der Waals surface area contributed by atoms with E-state index in [-0.39, 0.29) is 22.8 Å². The Morgan fingerprint density at radius 1 is 1.45 bits per heavy atom. The van der Waals surface area contributed by atoms with Gasteiger partial charge < -0.3 is 5.11 Å². The number of rotatable bonds is 7. The van der Waals surface area contributed by atoms with Crippen LogP contribution in [0.4, 0.5) is 0 Å². The lowest BCUT2D eigenvalue weighted by Crippen LogP contribution is -2.33. The van der Waals surface area contributed by atoms with Crippen LogP contribution in [-0.4, -0.2) is 36.5 Å². The molecule has 1 unspecified atom stereocenters. The summed E-state index contributed by atoms with van der Waals surface area (Å²) in [5.74, 6) is 0.224. The third-order valence-electron chi connectivity index (χ3n) is 3.52. The van der Waals surface area contributed by atoms with Crippen LogP contribution in [0.1, 0.15) is 34.1 Å². The molecule has 0 spiro atoms. The molecule has 0 aromatic carbocycles. The lowest BCUT2D eigenvalue weighted by molar-refractivity contribution is 0.263. The van der Waals surface area contributed by atoms with Crippen molar-refractivity contribution in [3.05, 3.63) is 12.4 Å². The van der Waals surface area contributed by atoms with E-state index in [9.17, 15) is 8.42 Å². The Balaban J connectivity index is 2.67. The molecule has 0 saturated carbocycles. The topological polar surface area (TPSA) is 84.2 Å². The second kappa shape index (κ2) is 6.69. The first-order chi connectivity index (χ1) is 9.16. The van der Waals surface area contributed by atoms with E-state index in [1.54, 1.807) is 0 Å². The van der Waals surface area contributed by atoms with E-state index in [1.807, 2.05) is 6.92 Å². The van der Waals surface area contributed by atoms with Gasteiger partial charge in [-0.3, -0.25) is 4.68 Å². The SMILES string of the molecule is CC(CNS(=O)(=O)c1cnn(CCCO)c1)C(C)(C)C. The maximum Gasteiger partial charge on any atom is 0.243 e. The number of aromatic nitrogens is 2. The summed E-state index contributed by atoms with van der Waals surface area (Å²) in [6.45, 7) is 9.23. The average molecular weight is 303 g/mol. The molecular weight excluding hydrogens is 278 g/mol. The maximum absolute atomic E-state index is 12.1. The highest BCUT2D eigenvalue weighted by Crippen LogP contribution is 2.24. The van der Waals surface area contributed by atoms with E-state index in [0.717, 1.165) is 0 Å². The van der Waals surface area contributed by atoms with Crippen LogP contribution in [0.25, 0.3) is 0 Å². The average Bonchev–Trinajstić information content (AvgIpc) is 2.81. The Hall–Kier alpha value is -0.920. The van der Waals surface area contributed by atoms with Crippen molar-refractivity contribution in [3.63, 3.8) is 0 Å². The number of nitrogens with zero attached hydrogens (tertiary/aromatic N) is 2. The molecule has 0 aliphatic rings. The van der Waals surface area contributed by atoms with Gasteiger partial charge >= 0.3 is 0 Å². The minimum atomic E-state index is -3.52. The van der Waals surface area contributed by atoms with Gasteiger partial charge in [0.05, 0.1) is 6.20 Å². The van der Waals surface area contributed by atoms with Crippen LogP contribution < -0.4 is 4.72 Å². The number of sulfonamides is 1. The van der Waals surface area contributed by atoms with Crippen molar-refractivity contribution < 1.29 is 13.5 Å². The molecule has 1 aromatic heterocycles. The van der Waals surface area contributed by atoms with Gasteiger partial charge in [0, 0.05) is 25.9 Å². The Kier molecular flexibility index (Phi) is 5.73. The fraction of sp³-hybridized carbons (Fsp3) is 0.769. The first kappa shape index (κ1) is 17.1. The van der Waals surface area contributed by atoms with Crippen molar-refractivity contribution in [2.24, 2.45) is 11.3 Å². The predicted molar refractivity (Wildman–Crippen MR) is 77.7 cm³/mol. The summed E-state index contributed by atoms with van der Waals surface area (Å²) in [4.78, 5) is 0.163. The lowest BCUT2D eigenvalue weighted by atomic mass is 9.82. The molecule has 6 nitrogen and oxygen atoms in total. The monoisotopic (exact) mass is 303 g/mol. The number of hydrogen-bond acceptors (Lipinski definition) is 4. The second-order valence-corrected chi connectivity index (χ2v) is 7.90. The van der Waals surface area contributed by atoms with Gasteiger partial charge in [0.2, 0.25) is 10.0 Å². The standard InChI is InChI=1S/C13H25N3O3S/c1-11(13(2,3)4)8-15-20(18,19)12-9-14-16(10-12)6-5-7-17/h9-11,15,17H,5-8H2,1-4H3. The lowest BCUT2D eigenvalue weighted by Gasteiger charge is -2.27. The Morgan fingerprint density at radius 2 is 2.10 bits per heavy atom. The molecule has 0 aliphatic carbocycles. The molecule has 1 heterocycles. The summed E-state index contributed by atoms with van der Waals surface area (Å²) in [7, 11) is -3.52. The smallest absolute Gasteiger partial charge is 0.243 e. The molecule has 7 heteroatoms. The third-order valence-corrected chi connectivity index (χ3v) is 4.90. The second-order valence-electron chi connectivity index (χ2n) is 6.14. The van der Waals surface area contributed by atoms with Gasteiger partial charge in [-0.15, -0.1) is 0 Å². The molecule has 0 bridgehead atoms. The predicted octanol–water partition coefficient (Wildman–Crippen LogP) is 1.23. The largest absolute Gasteiger partial charge is 0.396 e. The molecule has 0 radical (unpaired) electrons. The Morgan fingerprint density at radius 3 is 2.65 bits per heavy atom. The molecule has 0 fully saturated rings. The van der Waals surface area contributed by atoms with E-state index >= 15 is 0 Å². The zero-order chi connectivity index (χ0) is 15.4. The van der Waals surface area contributed by atoms with Crippen molar-refractivity contribution in [1.29, 1.82) is 0 Å². The summed E-state index contributed by atoms with van der Waals surface area (Å²) in [5.41, 5.74) is 0.0494. The number of aliphatic hydroxyl groups is 1. The van der Waals surface area contributed by atoms with E-state index in [4.69, 9.17) is 5.11 Å². The third kappa shape index (κ3) is 4.88. The van der Waals surface area contributed by atoms with Crippen molar-refractivity contribution in [1.82, 2.24) is 14.5 Å². The fourth-order valence-corrected chi connectivity index (χ4v) is 2.55. The first-order valence-corrected chi connectivity index (χ1v) is 8.28. The summed E-state index contributed by atoms with van der Waals surface area (Å²) < 4.78 is 28.4. The molecule has 1 rings (SSSR count). The number of hydrogen-bond donors (Lipinski definition) is 2. The highest BCUT2D eigenvalue weighted by molar-refractivity contribution is 7.89. The van der Waals surface area contributed by atoms with Gasteiger partial charge in [-0.25, -0.2) is 13.1 Å². The van der Waals surface area contributed by atoms with E-state index < -0.39 is 10.0 Å². The van der Waals surface area contributed by atoms with Gasteiger partial charge in [0.25, 0.3) is 0 Å². The summed E-state index contributed by atoms with van der Waals surface area (Å²) in [5, 5.41) is 12.7. The van der Waals surface area contributed by atoms with Crippen molar-refractivity contribution in [2.45, 2.75) is 45.6 Å². The Bertz CT molecular complexity index is 517. The number of aryl methyl sites for hydroxylation is 1. The molecule has 0 aliphatic heterocycles. The summed E-state index contributed by atoms with van der Waals surface area (Å²) >= 11 is 0.